The minimum absolute atomic E-state index is 0.119. The fourth-order valence-corrected chi connectivity index (χ4v) is 5.62. The number of aromatic nitrogens is 1. The number of rotatable bonds is 6. The molecule has 6 nitrogen and oxygen atoms in total. The summed E-state index contributed by atoms with van der Waals surface area (Å²) in [5.41, 5.74) is 5.09. The van der Waals surface area contributed by atoms with E-state index in [0.717, 1.165) is 59.2 Å². The molecule has 1 aliphatic carbocycles. The van der Waals surface area contributed by atoms with Crippen LogP contribution in [0, 0.1) is 0 Å². The Morgan fingerprint density at radius 3 is 2.77 bits per heavy atom. The van der Waals surface area contributed by atoms with Crippen LogP contribution in [0.1, 0.15) is 47.5 Å². The summed E-state index contributed by atoms with van der Waals surface area (Å²) in [6.45, 7) is 2.60. The highest BCUT2D eigenvalue weighted by Crippen LogP contribution is 2.47. The molecule has 1 saturated carbocycles. The van der Waals surface area contributed by atoms with Crippen LogP contribution in [-0.2, 0) is 11.3 Å². The number of hydrogen-bond acceptors (Lipinski definition) is 4. The fourth-order valence-electron chi connectivity index (χ4n) is 5.62. The van der Waals surface area contributed by atoms with Gasteiger partial charge in [0.05, 0.1) is 30.5 Å². The van der Waals surface area contributed by atoms with Gasteiger partial charge in [-0.25, -0.2) is 9.18 Å². The second-order valence-electron chi connectivity index (χ2n) is 10.0. The van der Waals surface area contributed by atoms with Crippen LogP contribution in [0.5, 0.6) is 0 Å². The van der Waals surface area contributed by atoms with Gasteiger partial charge in [0.15, 0.2) is 0 Å². The number of anilines is 1. The molecule has 2 heterocycles. The zero-order valence-corrected chi connectivity index (χ0v) is 20.5. The maximum atomic E-state index is 15.4. The minimum atomic E-state index is -0.961. The molecule has 2 unspecified atom stereocenters. The van der Waals surface area contributed by atoms with Gasteiger partial charge in [0.25, 0.3) is 0 Å². The largest absolute Gasteiger partial charge is 0.478 e. The molecule has 2 aliphatic rings. The molecular formula is C28H34FN3O3. The van der Waals surface area contributed by atoms with Crippen LogP contribution in [0.2, 0.25) is 0 Å². The minimum Gasteiger partial charge on any atom is -0.478 e. The van der Waals surface area contributed by atoms with Crippen LogP contribution in [0.3, 0.4) is 0 Å². The number of carboxylic acid groups (broad SMARTS) is 1. The average Bonchev–Trinajstić information content (AvgIpc) is 3.13. The van der Waals surface area contributed by atoms with Gasteiger partial charge >= 0.3 is 5.97 Å². The van der Waals surface area contributed by atoms with Crippen molar-refractivity contribution < 1.29 is 19.0 Å². The quantitative estimate of drug-likeness (QED) is 0.497. The van der Waals surface area contributed by atoms with Gasteiger partial charge in [-0.3, -0.25) is 0 Å². The Kier molecular flexibility index (Phi) is 6.80. The third kappa shape index (κ3) is 4.67. The maximum Gasteiger partial charge on any atom is 0.335 e. The van der Waals surface area contributed by atoms with Gasteiger partial charge in [0.2, 0.25) is 0 Å². The summed E-state index contributed by atoms with van der Waals surface area (Å²) in [4.78, 5) is 13.9. The van der Waals surface area contributed by atoms with Crippen molar-refractivity contribution in [3.8, 4) is 11.3 Å². The lowest BCUT2D eigenvalue weighted by Gasteiger charge is -2.30. The lowest BCUT2D eigenvalue weighted by atomic mass is 9.80. The average molecular weight is 480 g/mol. The summed E-state index contributed by atoms with van der Waals surface area (Å²) >= 11 is 0. The molecular weight excluding hydrogens is 445 g/mol. The first-order valence-corrected chi connectivity index (χ1v) is 12.6. The number of halogens is 1. The van der Waals surface area contributed by atoms with Crippen molar-refractivity contribution in [2.45, 2.75) is 50.4 Å². The van der Waals surface area contributed by atoms with Crippen LogP contribution in [-0.4, -0.2) is 66.6 Å². The molecule has 0 saturated heterocycles. The highest BCUT2D eigenvalue weighted by atomic mass is 19.1. The molecule has 1 fully saturated rings. The Labute approximate surface area is 205 Å². The number of nitrogens with zero attached hydrogens (tertiary/aromatic N) is 2. The molecule has 3 aromatic rings. The maximum absolute atomic E-state index is 15.4. The summed E-state index contributed by atoms with van der Waals surface area (Å²) in [5, 5.41) is 14.2. The van der Waals surface area contributed by atoms with Crippen LogP contribution >= 0.6 is 0 Å². The molecule has 35 heavy (non-hydrogen) atoms. The van der Waals surface area contributed by atoms with Crippen molar-refractivity contribution in [3.05, 3.63) is 53.6 Å². The van der Waals surface area contributed by atoms with Crippen LogP contribution in [0.25, 0.3) is 22.2 Å². The Bertz CT molecular complexity index is 1220. The Morgan fingerprint density at radius 1 is 1.20 bits per heavy atom. The predicted octanol–water partition coefficient (Wildman–Crippen LogP) is 5.37. The molecule has 186 valence electrons. The van der Waals surface area contributed by atoms with E-state index >= 15 is 4.39 Å². The molecule has 0 radical (unpaired) electrons. The van der Waals surface area contributed by atoms with Crippen LogP contribution < -0.4 is 5.32 Å². The number of carboxylic acids is 1. The van der Waals surface area contributed by atoms with E-state index in [1.807, 2.05) is 32.3 Å². The van der Waals surface area contributed by atoms with Gasteiger partial charge in [0.1, 0.15) is 6.17 Å². The third-order valence-electron chi connectivity index (χ3n) is 7.38. The van der Waals surface area contributed by atoms with E-state index in [1.54, 1.807) is 12.1 Å². The summed E-state index contributed by atoms with van der Waals surface area (Å²) in [7, 11) is 4.04. The smallest absolute Gasteiger partial charge is 0.335 e. The monoisotopic (exact) mass is 479 g/mol. The molecule has 0 amide bonds. The molecule has 1 aromatic heterocycles. The van der Waals surface area contributed by atoms with Crippen molar-refractivity contribution in [2.75, 3.05) is 39.1 Å². The second-order valence-corrected chi connectivity index (χ2v) is 10.0. The normalized spacial score (nSPS) is 22.2. The van der Waals surface area contributed by atoms with E-state index < -0.39 is 12.1 Å². The number of benzene rings is 2. The second kappa shape index (κ2) is 9.99. The molecule has 0 bridgehead atoms. The lowest BCUT2D eigenvalue weighted by molar-refractivity contribution is 0.0423. The van der Waals surface area contributed by atoms with Crippen molar-refractivity contribution in [3.63, 3.8) is 0 Å². The van der Waals surface area contributed by atoms with E-state index in [2.05, 4.69) is 26.9 Å². The van der Waals surface area contributed by atoms with Gasteiger partial charge in [-0.2, -0.15) is 0 Å². The van der Waals surface area contributed by atoms with E-state index in [-0.39, 0.29) is 17.6 Å². The number of nitrogens with one attached hydrogen (secondary N) is 1. The Morgan fingerprint density at radius 2 is 2.00 bits per heavy atom. The van der Waals surface area contributed by atoms with Gasteiger partial charge in [0, 0.05) is 41.2 Å². The first-order valence-electron chi connectivity index (χ1n) is 12.6. The molecule has 7 heteroatoms. The van der Waals surface area contributed by atoms with E-state index in [9.17, 15) is 9.90 Å². The number of para-hydroxylation sites is 1. The third-order valence-corrected chi connectivity index (χ3v) is 7.38. The Balaban J connectivity index is 1.72. The predicted molar refractivity (Wildman–Crippen MR) is 137 cm³/mol. The van der Waals surface area contributed by atoms with Gasteiger partial charge < -0.3 is 24.6 Å². The Hall–Kier alpha value is -2.90. The number of fused-ring (bicyclic) bond motifs is 5. The first-order chi connectivity index (χ1) is 16.9. The van der Waals surface area contributed by atoms with Crippen molar-refractivity contribution in [2.24, 2.45) is 0 Å². The summed E-state index contributed by atoms with van der Waals surface area (Å²) < 4.78 is 23.9. The number of aromatic carboxylic acids is 1. The standard InChI is InChI=1S/C28H34FN3O3/c1-31(2)13-14-35-19-16-30-24-10-6-4-8-21(24)27-26(20-7-3-5-9-23(20)29)22-12-11-18(28(33)34)15-25(22)32(27)17-19/h4,6,8,10-12,15,19-20,23,30H,3,5,7,9,13-14,16-17H2,1-2H3,(H,33,34)/t19?,20?,23-/m0/s1. The molecule has 5 rings (SSSR count). The number of alkyl halides is 1. The lowest BCUT2D eigenvalue weighted by Crippen LogP contribution is -2.32. The highest BCUT2D eigenvalue weighted by molar-refractivity contribution is 5.99. The number of carbonyl (C=O) groups is 1. The highest BCUT2D eigenvalue weighted by Gasteiger charge is 2.34. The number of hydrogen-bond donors (Lipinski definition) is 2. The number of ether oxygens (including phenoxy) is 1. The van der Waals surface area contributed by atoms with Crippen molar-refractivity contribution >= 4 is 22.6 Å². The topological polar surface area (TPSA) is 66.7 Å². The fraction of sp³-hybridized carbons (Fsp3) is 0.464. The summed E-state index contributed by atoms with van der Waals surface area (Å²) in [6.07, 6.45) is 2.25. The van der Waals surface area contributed by atoms with E-state index in [4.69, 9.17) is 4.74 Å². The zero-order valence-electron chi connectivity index (χ0n) is 20.5. The zero-order chi connectivity index (χ0) is 24.5. The van der Waals surface area contributed by atoms with Gasteiger partial charge in [-0.05, 0) is 50.7 Å². The molecule has 0 spiro atoms. The summed E-state index contributed by atoms with van der Waals surface area (Å²) in [5.74, 6) is -1.17. The van der Waals surface area contributed by atoms with E-state index in [0.29, 0.717) is 26.1 Å². The van der Waals surface area contributed by atoms with Crippen molar-refractivity contribution in [1.82, 2.24) is 9.47 Å². The van der Waals surface area contributed by atoms with Gasteiger partial charge in [-0.15, -0.1) is 0 Å². The molecule has 2 N–H and O–H groups in total. The van der Waals surface area contributed by atoms with Crippen molar-refractivity contribution in [1.29, 1.82) is 0 Å². The number of likely N-dealkylation sites (N-methyl/N-ethyl adjacent to an activating group) is 1. The SMILES string of the molecule is CN(C)CCOC1CNc2ccccc2-c2c(C3CCCC[C@@H]3F)c3ccc(C(=O)O)cc3n2C1. The van der Waals surface area contributed by atoms with Gasteiger partial charge in [-0.1, -0.05) is 37.1 Å². The first kappa shape index (κ1) is 23.8. The van der Waals surface area contributed by atoms with E-state index in [1.165, 1.54) is 0 Å². The molecule has 3 atom stereocenters. The van der Waals surface area contributed by atoms with Crippen LogP contribution in [0.4, 0.5) is 10.1 Å². The summed E-state index contributed by atoms with van der Waals surface area (Å²) in [6, 6.07) is 13.4. The molecule has 1 aliphatic heterocycles. The molecule has 2 aromatic carbocycles. The van der Waals surface area contributed by atoms with Crippen LogP contribution in [0.15, 0.2) is 42.5 Å².